The van der Waals surface area contributed by atoms with Crippen LogP contribution in [0.3, 0.4) is 0 Å². The molecule has 0 radical (unpaired) electrons. The van der Waals surface area contributed by atoms with Gasteiger partial charge in [0, 0.05) is 17.6 Å². The minimum absolute atomic E-state index is 0.197. The van der Waals surface area contributed by atoms with Crippen LogP contribution in [0.5, 0.6) is 0 Å². The fourth-order valence-corrected chi connectivity index (χ4v) is 3.48. The first kappa shape index (κ1) is 12.6. The van der Waals surface area contributed by atoms with E-state index in [1.54, 1.807) is 12.1 Å². The molecule has 1 aromatic rings. The minimum atomic E-state index is -1.06. The van der Waals surface area contributed by atoms with Crippen LogP contribution < -0.4 is 5.32 Å². The van der Waals surface area contributed by atoms with Gasteiger partial charge in [0.2, 0.25) is 0 Å². The van der Waals surface area contributed by atoms with Crippen molar-refractivity contribution in [3.8, 4) is 6.07 Å². The maximum atomic E-state index is 14.2. The lowest BCUT2D eigenvalue weighted by Gasteiger charge is -2.37. The third kappa shape index (κ3) is 2.24. The summed E-state index contributed by atoms with van der Waals surface area (Å²) in [6, 6.07) is 7.35. The summed E-state index contributed by atoms with van der Waals surface area (Å²) in [5.74, 6) is -0.392. The number of benzene rings is 1. The number of nitriles is 1. The van der Waals surface area contributed by atoms with Crippen molar-refractivity contribution in [2.75, 3.05) is 0 Å². The lowest BCUT2D eigenvalue weighted by Crippen LogP contribution is -2.47. The Bertz CT molecular complexity index is 525. The number of nitrogens with zero attached hydrogens (tertiary/aromatic N) is 1. The molecule has 2 unspecified atom stereocenters. The van der Waals surface area contributed by atoms with Gasteiger partial charge < -0.3 is 10.4 Å². The zero-order chi connectivity index (χ0) is 13.5. The number of halogens is 1. The third-order valence-corrected chi connectivity index (χ3v) is 4.32. The van der Waals surface area contributed by atoms with E-state index in [0.717, 1.165) is 12.8 Å². The van der Waals surface area contributed by atoms with Crippen LogP contribution in [0.4, 0.5) is 4.39 Å². The molecular weight excluding hydrogens is 243 g/mol. The Labute approximate surface area is 112 Å². The zero-order valence-corrected chi connectivity index (χ0v) is 10.7. The van der Waals surface area contributed by atoms with Gasteiger partial charge in [-0.2, -0.15) is 5.26 Å². The highest BCUT2D eigenvalue weighted by molar-refractivity contribution is 5.31. The van der Waals surface area contributed by atoms with E-state index >= 15 is 0 Å². The predicted molar refractivity (Wildman–Crippen MR) is 68.8 cm³/mol. The van der Waals surface area contributed by atoms with Crippen molar-refractivity contribution in [1.29, 1.82) is 5.26 Å². The van der Waals surface area contributed by atoms with E-state index in [4.69, 9.17) is 5.26 Å². The normalized spacial score (nSPS) is 33.1. The van der Waals surface area contributed by atoms with Gasteiger partial charge in [0.1, 0.15) is 5.82 Å². The maximum Gasteiger partial charge on any atom is 0.129 e. The van der Waals surface area contributed by atoms with Crippen LogP contribution in [0.25, 0.3) is 0 Å². The number of hydrogen-bond donors (Lipinski definition) is 2. The Hall–Kier alpha value is -1.44. The molecule has 1 aromatic carbocycles. The highest BCUT2D eigenvalue weighted by atomic mass is 19.1. The van der Waals surface area contributed by atoms with Crippen LogP contribution in [0.2, 0.25) is 0 Å². The molecule has 2 N–H and O–H groups in total. The Balaban J connectivity index is 1.91. The summed E-state index contributed by atoms with van der Waals surface area (Å²) in [4.78, 5) is 0. The molecule has 2 heterocycles. The summed E-state index contributed by atoms with van der Waals surface area (Å²) >= 11 is 0. The van der Waals surface area contributed by atoms with Gasteiger partial charge in [-0.25, -0.2) is 4.39 Å². The first-order valence-electron chi connectivity index (χ1n) is 6.75. The third-order valence-electron chi connectivity index (χ3n) is 4.32. The van der Waals surface area contributed by atoms with Gasteiger partial charge >= 0.3 is 0 Å². The smallest absolute Gasteiger partial charge is 0.129 e. The first-order chi connectivity index (χ1) is 9.10. The van der Waals surface area contributed by atoms with Gasteiger partial charge in [-0.15, -0.1) is 0 Å². The van der Waals surface area contributed by atoms with Crippen LogP contribution >= 0.6 is 0 Å². The summed E-state index contributed by atoms with van der Waals surface area (Å²) in [7, 11) is 0. The van der Waals surface area contributed by atoms with Crippen LogP contribution in [0, 0.1) is 17.1 Å². The van der Waals surface area contributed by atoms with Crippen molar-refractivity contribution >= 4 is 0 Å². The molecule has 2 atom stereocenters. The molecule has 0 amide bonds. The Morgan fingerprint density at radius 2 is 2.05 bits per heavy atom. The van der Waals surface area contributed by atoms with Gasteiger partial charge in [0.25, 0.3) is 0 Å². The molecular formula is C15H17FN2O. The number of aliphatic hydroxyl groups is 1. The minimum Gasteiger partial charge on any atom is -0.385 e. The molecule has 0 saturated carbocycles. The van der Waals surface area contributed by atoms with Crippen molar-refractivity contribution in [3.63, 3.8) is 0 Å². The largest absolute Gasteiger partial charge is 0.385 e. The molecule has 3 nitrogen and oxygen atoms in total. The summed E-state index contributed by atoms with van der Waals surface area (Å²) in [5.41, 5.74) is -0.0244. The first-order valence-corrected chi connectivity index (χ1v) is 6.75. The van der Waals surface area contributed by atoms with E-state index in [1.165, 1.54) is 6.07 Å². The molecule has 0 aromatic heterocycles. The van der Waals surface area contributed by atoms with Gasteiger partial charge in [-0.3, -0.25) is 0 Å². The van der Waals surface area contributed by atoms with Crippen LogP contribution in [-0.4, -0.2) is 17.2 Å². The van der Waals surface area contributed by atoms with Gasteiger partial charge in [0.05, 0.1) is 18.1 Å². The van der Waals surface area contributed by atoms with Crippen molar-refractivity contribution in [2.24, 2.45) is 0 Å². The zero-order valence-electron chi connectivity index (χ0n) is 10.7. The topological polar surface area (TPSA) is 56.0 Å². The lowest BCUT2D eigenvalue weighted by atomic mass is 9.81. The molecule has 2 aliphatic rings. The molecule has 100 valence electrons. The molecule has 0 spiro atoms. The molecule has 2 bridgehead atoms. The molecule has 4 heteroatoms. The molecule has 3 rings (SSSR count). The highest BCUT2D eigenvalue weighted by Crippen LogP contribution is 2.41. The Kier molecular flexibility index (Phi) is 3.04. The Morgan fingerprint density at radius 3 is 2.63 bits per heavy atom. The number of hydrogen-bond acceptors (Lipinski definition) is 3. The monoisotopic (exact) mass is 260 g/mol. The highest BCUT2D eigenvalue weighted by Gasteiger charge is 2.44. The molecule has 2 saturated heterocycles. The molecule has 2 fully saturated rings. The van der Waals surface area contributed by atoms with Crippen molar-refractivity contribution in [2.45, 2.75) is 49.8 Å². The van der Waals surface area contributed by atoms with Crippen LogP contribution in [-0.2, 0) is 12.0 Å². The van der Waals surface area contributed by atoms with E-state index in [1.807, 2.05) is 6.07 Å². The van der Waals surface area contributed by atoms with Crippen molar-refractivity contribution < 1.29 is 9.50 Å². The van der Waals surface area contributed by atoms with Gasteiger partial charge in [-0.05, 0) is 37.3 Å². The number of fused-ring (bicyclic) bond motifs is 2. The number of piperidine rings is 1. The molecule has 0 aliphatic carbocycles. The second-order valence-corrected chi connectivity index (χ2v) is 5.73. The molecule has 19 heavy (non-hydrogen) atoms. The van der Waals surface area contributed by atoms with E-state index in [9.17, 15) is 9.50 Å². The number of nitrogens with one attached hydrogen (secondary N) is 1. The number of rotatable bonds is 2. The van der Waals surface area contributed by atoms with Crippen LogP contribution in [0.15, 0.2) is 18.2 Å². The fraction of sp³-hybridized carbons (Fsp3) is 0.533. The van der Waals surface area contributed by atoms with Gasteiger partial charge in [0.15, 0.2) is 0 Å². The van der Waals surface area contributed by atoms with Crippen LogP contribution in [0.1, 0.15) is 36.8 Å². The van der Waals surface area contributed by atoms with Gasteiger partial charge in [-0.1, -0.05) is 12.1 Å². The average Bonchev–Trinajstić information content (AvgIpc) is 2.69. The van der Waals surface area contributed by atoms with E-state index in [2.05, 4.69) is 5.32 Å². The summed E-state index contributed by atoms with van der Waals surface area (Å²) < 4.78 is 14.2. The fourth-order valence-electron chi connectivity index (χ4n) is 3.48. The summed E-state index contributed by atoms with van der Waals surface area (Å²) in [6.07, 6.45) is 3.45. The summed E-state index contributed by atoms with van der Waals surface area (Å²) in [6.45, 7) is 0. The lowest BCUT2D eigenvalue weighted by molar-refractivity contribution is -0.0143. The maximum absolute atomic E-state index is 14.2. The van der Waals surface area contributed by atoms with E-state index in [0.29, 0.717) is 36.1 Å². The summed E-state index contributed by atoms with van der Waals surface area (Å²) in [5, 5.41) is 22.8. The van der Waals surface area contributed by atoms with E-state index < -0.39 is 11.4 Å². The SMILES string of the molecule is N#CCc1ccc(C2(O)CC3CCC(C2)N3)c(F)c1. The van der Waals surface area contributed by atoms with E-state index in [-0.39, 0.29) is 6.42 Å². The average molecular weight is 260 g/mol. The quantitative estimate of drug-likeness (QED) is 0.855. The second kappa shape index (κ2) is 4.59. The van der Waals surface area contributed by atoms with Crippen molar-refractivity contribution in [3.05, 3.63) is 35.1 Å². The predicted octanol–water partition coefficient (Wildman–Crippen LogP) is 1.99. The molecule has 2 aliphatic heterocycles. The second-order valence-electron chi connectivity index (χ2n) is 5.73. The standard InChI is InChI=1S/C15H17FN2O/c16-14-7-10(5-6-17)1-4-13(14)15(19)8-11-2-3-12(9-15)18-11/h1,4,7,11-12,18-19H,2-3,5,8-9H2. The van der Waals surface area contributed by atoms with Crippen molar-refractivity contribution in [1.82, 2.24) is 5.32 Å². The Morgan fingerprint density at radius 1 is 1.37 bits per heavy atom.